The second-order valence-electron chi connectivity index (χ2n) is 4.81. The van der Waals surface area contributed by atoms with E-state index < -0.39 is 0 Å². The third-order valence-corrected chi connectivity index (χ3v) is 3.33. The van der Waals surface area contributed by atoms with Crippen LogP contribution in [0.5, 0.6) is 0 Å². The van der Waals surface area contributed by atoms with Gasteiger partial charge in [0.1, 0.15) is 0 Å². The van der Waals surface area contributed by atoms with E-state index in [9.17, 15) is 4.79 Å². The zero-order valence-corrected chi connectivity index (χ0v) is 11.1. The van der Waals surface area contributed by atoms with Crippen molar-refractivity contribution in [2.45, 2.75) is 18.9 Å². The predicted octanol–water partition coefficient (Wildman–Crippen LogP) is 1.85. The summed E-state index contributed by atoms with van der Waals surface area (Å²) in [4.78, 5) is 14.4. The molecule has 0 atom stereocenters. The van der Waals surface area contributed by atoms with Crippen LogP contribution < -0.4 is 0 Å². The largest absolute Gasteiger partial charge is 0.383 e. The lowest BCUT2D eigenvalue weighted by molar-refractivity contribution is 0.0886. The summed E-state index contributed by atoms with van der Waals surface area (Å²) in [5.74, 6) is 0.104. The summed E-state index contributed by atoms with van der Waals surface area (Å²) >= 11 is 0. The van der Waals surface area contributed by atoms with Gasteiger partial charge in [0, 0.05) is 25.3 Å². The van der Waals surface area contributed by atoms with Gasteiger partial charge in [-0.2, -0.15) is 5.26 Å². The molecule has 1 aliphatic rings. The standard InChI is InChI=1S/C15H18N2O2/c1-19-9-8-17(14-6-7-14)11-15(18)13-4-2-12(10-16)3-5-13/h2-5,14H,6-9,11H2,1H3. The van der Waals surface area contributed by atoms with Crippen LogP contribution in [0, 0.1) is 11.3 Å². The van der Waals surface area contributed by atoms with E-state index in [0.717, 1.165) is 6.54 Å². The van der Waals surface area contributed by atoms with E-state index in [1.54, 1.807) is 31.4 Å². The number of rotatable bonds is 7. The molecule has 0 radical (unpaired) electrons. The molecule has 0 saturated heterocycles. The minimum Gasteiger partial charge on any atom is -0.383 e. The Hall–Kier alpha value is -1.70. The highest BCUT2D eigenvalue weighted by Crippen LogP contribution is 2.26. The number of methoxy groups -OCH3 is 1. The van der Waals surface area contributed by atoms with E-state index in [2.05, 4.69) is 11.0 Å². The summed E-state index contributed by atoms with van der Waals surface area (Å²) in [6.07, 6.45) is 2.34. The maximum absolute atomic E-state index is 12.2. The number of nitrogens with zero attached hydrogens (tertiary/aromatic N) is 2. The Balaban J connectivity index is 1.95. The van der Waals surface area contributed by atoms with Crippen molar-refractivity contribution in [3.8, 4) is 6.07 Å². The Labute approximate surface area is 113 Å². The Kier molecular flexibility index (Phi) is 4.67. The second-order valence-corrected chi connectivity index (χ2v) is 4.81. The molecule has 2 rings (SSSR count). The zero-order valence-electron chi connectivity index (χ0n) is 11.1. The van der Waals surface area contributed by atoms with Crippen molar-refractivity contribution in [2.75, 3.05) is 26.8 Å². The van der Waals surface area contributed by atoms with Crippen molar-refractivity contribution < 1.29 is 9.53 Å². The van der Waals surface area contributed by atoms with Crippen molar-refractivity contribution in [1.82, 2.24) is 4.90 Å². The molecule has 0 aromatic heterocycles. The summed E-state index contributed by atoms with van der Waals surface area (Å²) in [5.41, 5.74) is 1.25. The molecule has 0 amide bonds. The molecule has 100 valence electrons. The fraction of sp³-hybridized carbons (Fsp3) is 0.467. The van der Waals surface area contributed by atoms with Crippen LogP contribution in [0.3, 0.4) is 0 Å². The highest BCUT2D eigenvalue weighted by atomic mass is 16.5. The Morgan fingerprint density at radius 3 is 2.63 bits per heavy atom. The van der Waals surface area contributed by atoms with Gasteiger partial charge < -0.3 is 4.74 Å². The van der Waals surface area contributed by atoms with Crippen LogP contribution in [0.4, 0.5) is 0 Å². The van der Waals surface area contributed by atoms with Gasteiger partial charge in [-0.25, -0.2) is 0 Å². The SMILES string of the molecule is COCCN(CC(=O)c1ccc(C#N)cc1)C1CC1. The number of ether oxygens (including phenoxy) is 1. The predicted molar refractivity (Wildman–Crippen MR) is 72.0 cm³/mol. The van der Waals surface area contributed by atoms with E-state index in [1.165, 1.54) is 12.8 Å². The summed E-state index contributed by atoms with van der Waals surface area (Å²) in [5, 5.41) is 8.73. The third kappa shape index (κ3) is 3.88. The molecule has 1 aromatic rings. The molecule has 4 heteroatoms. The van der Waals surface area contributed by atoms with Gasteiger partial charge >= 0.3 is 0 Å². The molecule has 0 heterocycles. The monoisotopic (exact) mass is 258 g/mol. The van der Waals surface area contributed by atoms with Gasteiger partial charge in [0.25, 0.3) is 0 Å². The lowest BCUT2D eigenvalue weighted by Crippen LogP contribution is -2.34. The number of carbonyl (C=O) groups excluding carboxylic acids is 1. The van der Waals surface area contributed by atoms with Gasteiger partial charge in [0.2, 0.25) is 0 Å². The van der Waals surface area contributed by atoms with Crippen molar-refractivity contribution in [3.05, 3.63) is 35.4 Å². The van der Waals surface area contributed by atoms with Crippen molar-refractivity contribution >= 4 is 5.78 Å². The second kappa shape index (κ2) is 6.46. The molecule has 1 saturated carbocycles. The smallest absolute Gasteiger partial charge is 0.176 e. The van der Waals surface area contributed by atoms with Crippen molar-refractivity contribution in [1.29, 1.82) is 5.26 Å². The summed E-state index contributed by atoms with van der Waals surface area (Å²) < 4.78 is 5.08. The number of hydrogen-bond acceptors (Lipinski definition) is 4. The number of hydrogen-bond donors (Lipinski definition) is 0. The maximum Gasteiger partial charge on any atom is 0.176 e. The maximum atomic E-state index is 12.2. The van der Waals surface area contributed by atoms with Crippen LogP contribution in [-0.4, -0.2) is 43.5 Å². The molecule has 1 aliphatic carbocycles. The first-order valence-corrected chi connectivity index (χ1v) is 6.51. The Bertz CT molecular complexity index is 472. The van der Waals surface area contributed by atoms with E-state index in [-0.39, 0.29) is 5.78 Å². The molecule has 19 heavy (non-hydrogen) atoms. The first-order chi connectivity index (χ1) is 9.24. The average Bonchev–Trinajstić information content (AvgIpc) is 3.28. The fourth-order valence-electron chi connectivity index (χ4n) is 2.05. The molecule has 0 aliphatic heterocycles. The lowest BCUT2D eigenvalue weighted by atomic mass is 10.1. The quantitative estimate of drug-likeness (QED) is 0.700. The van der Waals surface area contributed by atoms with Crippen LogP contribution in [-0.2, 0) is 4.74 Å². The van der Waals surface area contributed by atoms with Gasteiger partial charge in [-0.1, -0.05) is 12.1 Å². The average molecular weight is 258 g/mol. The van der Waals surface area contributed by atoms with E-state index >= 15 is 0 Å². The number of carbonyl (C=O) groups is 1. The molecule has 1 fully saturated rings. The van der Waals surface area contributed by atoms with Crippen LogP contribution in [0.2, 0.25) is 0 Å². The van der Waals surface area contributed by atoms with Gasteiger partial charge in [-0.3, -0.25) is 9.69 Å². The zero-order chi connectivity index (χ0) is 13.7. The highest BCUT2D eigenvalue weighted by Gasteiger charge is 2.30. The van der Waals surface area contributed by atoms with Gasteiger partial charge in [0.15, 0.2) is 5.78 Å². The minimum atomic E-state index is 0.104. The lowest BCUT2D eigenvalue weighted by Gasteiger charge is -2.20. The summed E-state index contributed by atoms with van der Waals surface area (Å²) in [6, 6.07) is 9.41. The van der Waals surface area contributed by atoms with E-state index in [1.807, 2.05) is 0 Å². The molecule has 0 unspecified atom stereocenters. The van der Waals surface area contributed by atoms with E-state index in [0.29, 0.717) is 30.3 Å². The van der Waals surface area contributed by atoms with Gasteiger partial charge in [-0.05, 0) is 25.0 Å². The van der Waals surface area contributed by atoms with Crippen LogP contribution in [0.1, 0.15) is 28.8 Å². The van der Waals surface area contributed by atoms with Crippen molar-refractivity contribution in [2.24, 2.45) is 0 Å². The third-order valence-electron chi connectivity index (χ3n) is 3.33. The molecular weight excluding hydrogens is 240 g/mol. The first kappa shape index (κ1) is 13.7. The van der Waals surface area contributed by atoms with Crippen LogP contribution in [0.25, 0.3) is 0 Å². The van der Waals surface area contributed by atoms with Crippen LogP contribution in [0.15, 0.2) is 24.3 Å². The van der Waals surface area contributed by atoms with Crippen LogP contribution >= 0.6 is 0 Å². The Morgan fingerprint density at radius 2 is 2.11 bits per heavy atom. The van der Waals surface area contributed by atoms with E-state index in [4.69, 9.17) is 10.00 Å². The highest BCUT2D eigenvalue weighted by molar-refractivity contribution is 5.97. The number of benzene rings is 1. The fourth-order valence-corrected chi connectivity index (χ4v) is 2.05. The number of nitriles is 1. The molecular formula is C15H18N2O2. The van der Waals surface area contributed by atoms with Crippen molar-refractivity contribution in [3.63, 3.8) is 0 Å². The number of ketones is 1. The molecule has 0 bridgehead atoms. The summed E-state index contributed by atoms with van der Waals surface area (Å²) in [6.45, 7) is 1.88. The topological polar surface area (TPSA) is 53.3 Å². The summed E-state index contributed by atoms with van der Waals surface area (Å²) in [7, 11) is 1.67. The van der Waals surface area contributed by atoms with Gasteiger partial charge in [-0.15, -0.1) is 0 Å². The molecule has 0 N–H and O–H groups in total. The van der Waals surface area contributed by atoms with Gasteiger partial charge in [0.05, 0.1) is 24.8 Å². The molecule has 4 nitrogen and oxygen atoms in total. The normalized spacial score (nSPS) is 14.4. The molecule has 1 aromatic carbocycles. The molecule has 0 spiro atoms. The minimum absolute atomic E-state index is 0.104. The Morgan fingerprint density at radius 1 is 1.42 bits per heavy atom. The first-order valence-electron chi connectivity index (χ1n) is 6.51. The number of Topliss-reactive ketones (excluding diaryl/α,β-unsaturated/α-hetero) is 1.